The highest BCUT2D eigenvalue weighted by molar-refractivity contribution is 5.81. The summed E-state index contributed by atoms with van der Waals surface area (Å²) in [4.78, 5) is 14.3. The number of piperidine rings is 1. The number of ether oxygens (including phenoxy) is 1. The van der Waals surface area contributed by atoms with E-state index in [1.807, 2.05) is 6.07 Å². The molecule has 6 heteroatoms. The van der Waals surface area contributed by atoms with Gasteiger partial charge in [0, 0.05) is 18.2 Å². The molecule has 1 aliphatic heterocycles. The summed E-state index contributed by atoms with van der Waals surface area (Å²) in [7, 11) is 1.61. The number of hydrogen-bond donors (Lipinski definition) is 2. The summed E-state index contributed by atoms with van der Waals surface area (Å²) in [5, 5.41) is 22.1. The molecule has 25 heavy (non-hydrogen) atoms. The summed E-state index contributed by atoms with van der Waals surface area (Å²) >= 11 is 0. The van der Waals surface area contributed by atoms with E-state index in [0.29, 0.717) is 5.56 Å². The molecule has 134 valence electrons. The van der Waals surface area contributed by atoms with Crippen LogP contribution in [0.4, 0.5) is 0 Å². The molecule has 1 saturated heterocycles. The SMILES string of the molecule is COc1cc(C#N)ccc1CN1CCC(C(O)C(=O)NC2CC2)CC1. The van der Waals surface area contributed by atoms with Gasteiger partial charge in [0.05, 0.1) is 18.7 Å². The van der Waals surface area contributed by atoms with Crippen molar-refractivity contribution in [2.75, 3.05) is 20.2 Å². The van der Waals surface area contributed by atoms with E-state index in [1.54, 1.807) is 19.2 Å². The van der Waals surface area contributed by atoms with Gasteiger partial charge in [0.15, 0.2) is 0 Å². The molecular weight excluding hydrogens is 318 g/mol. The Labute approximate surface area is 148 Å². The van der Waals surface area contributed by atoms with E-state index >= 15 is 0 Å². The van der Waals surface area contributed by atoms with Crippen molar-refractivity contribution < 1.29 is 14.6 Å². The molecular formula is C19H25N3O3. The van der Waals surface area contributed by atoms with Crippen molar-refractivity contribution in [3.8, 4) is 11.8 Å². The first-order chi connectivity index (χ1) is 12.1. The molecule has 1 aromatic carbocycles. The third-order valence-electron chi connectivity index (χ3n) is 5.08. The van der Waals surface area contributed by atoms with E-state index in [1.165, 1.54) is 0 Å². The fraction of sp³-hybridized carbons (Fsp3) is 0.579. The fourth-order valence-electron chi connectivity index (χ4n) is 3.34. The first kappa shape index (κ1) is 17.7. The minimum atomic E-state index is -0.896. The summed E-state index contributed by atoms with van der Waals surface area (Å²) in [6, 6.07) is 7.90. The quantitative estimate of drug-likeness (QED) is 0.816. The summed E-state index contributed by atoms with van der Waals surface area (Å²) < 4.78 is 5.39. The van der Waals surface area contributed by atoms with Gasteiger partial charge in [0.2, 0.25) is 5.91 Å². The number of hydrogen-bond acceptors (Lipinski definition) is 5. The monoisotopic (exact) mass is 343 g/mol. The van der Waals surface area contributed by atoms with E-state index in [0.717, 1.165) is 56.6 Å². The van der Waals surface area contributed by atoms with E-state index in [4.69, 9.17) is 10.00 Å². The Morgan fingerprint density at radius 2 is 2.12 bits per heavy atom. The molecule has 2 fully saturated rings. The average molecular weight is 343 g/mol. The van der Waals surface area contributed by atoms with Crippen LogP contribution in [0, 0.1) is 17.2 Å². The third-order valence-corrected chi connectivity index (χ3v) is 5.08. The molecule has 1 aliphatic carbocycles. The lowest BCUT2D eigenvalue weighted by atomic mass is 9.90. The first-order valence-corrected chi connectivity index (χ1v) is 8.88. The number of aliphatic hydroxyl groups is 1. The van der Waals surface area contributed by atoms with Gasteiger partial charge in [-0.15, -0.1) is 0 Å². The molecule has 0 radical (unpaired) electrons. The van der Waals surface area contributed by atoms with Gasteiger partial charge in [-0.25, -0.2) is 0 Å². The van der Waals surface area contributed by atoms with E-state index < -0.39 is 6.10 Å². The maximum atomic E-state index is 12.0. The van der Waals surface area contributed by atoms with Gasteiger partial charge in [-0.3, -0.25) is 9.69 Å². The van der Waals surface area contributed by atoms with Gasteiger partial charge in [-0.1, -0.05) is 6.07 Å². The summed E-state index contributed by atoms with van der Waals surface area (Å²) in [5.41, 5.74) is 1.64. The van der Waals surface area contributed by atoms with Crippen LogP contribution in [0.1, 0.15) is 36.8 Å². The number of carbonyl (C=O) groups excluding carboxylic acids is 1. The lowest BCUT2D eigenvalue weighted by molar-refractivity contribution is -0.133. The number of methoxy groups -OCH3 is 1. The number of nitrogens with one attached hydrogen (secondary N) is 1. The number of rotatable bonds is 6. The van der Waals surface area contributed by atoms with E-state index in [2.05, 4.69) is 16.3 Å². The van der Waals surface area contributed by atoms with Crippen molar-refractivity contribution in [1.29, 1.82) is 5.26 Å². The Morgan fingerprint density at radius 1 is 1.40 bits per heavy atom. The van der Waals surface area contributed by atoms with Crippen molar-refractivity contribution in [1.82, 2.24) is 10.2 Å². The van der Waals surface area contributed by atoms with Crippen LogP contribution >= 0.6 is 0 Å². The second-order valence-corrected chi connectivity index (χ2v) is 6.98. The summed E-state index contributed by atoms with van der Waals surface area (Å²) in [6.07, 6.45) is 2.77. The van der Waals surface area contributed by atoms with Gasteiger partial charge in [-0.2, -0.15) is 5.26 Å². The van der Waals surface area contributed by atoms with Crippen LogP contribution in [0.3, 0.4) is 0 Å². The topological polar surface area (TPSA) is 85.6 Å². The maximum absolute atomic E-state index is 12.0. The number of aliphatic hydroxyl groups excluding tert-OH is 1. The normalized spacial score (nSPS) is 19.9. The zero-order chi connectivity index (χ0) is 17.8. The number of nitriles is 1. The fourth-order valence-corrected chi connectivity index (χ4v) is 3.34. The third kappa shape index (κ3) is 4.50. The van der Waals surface area contributed by atoms with Crippen LogP contribution in [0.15, 0.2) is 18.2 Å². The first-order valence-electron chi connectivity index (χ1n) is 8.88. The second-order valence-electron chi connectivity index (χ2n) is 6.98. The van der Waals surface area contributed by atoms with Crippen LogP contribution in [-0.4, -0.2) is 48.3 Å². The number of amides is 1. The van der Waals surface area contributed by atoms with Gasteiger partial charge in [0.1, 0.15) is 11.9 Å². The van der Waals surface area contributed by atoms with Crippen molar-refractivity contribution >= 4 is 5.91 Å². The zero-order valence-electron chi connectivity index (χ0n) is 14.6. The number of likely N-dealkylation sites (tertiary alicyclic amines) is 1. The molecule has 1 atom stereocenters. The van der Waals surface area contributed by atoms with Crippen LogP contribution in [0.2, 0.25) is 0 Å². The van der Waals surface area contributed by atoms with Crippen LogP contribution in [0.5, 0.6) is 5.75 Å². The molecule has 0 spiro atoms. The largest absolute Gasteiger partial charge is 0.496 e. The van der Waals surface area contributed by atoms with Crippen molar-refractivity contribution in [2.24, 2.45) is 5.92 Å². The second kappa shape index (κ2) is 7.85. The highest BCUT2D eigenvalue weighted by Gasteiger charge is 2.33. The summed E-state index contributed by atoms with van der Waals surface area (Å²) in [5.74, 6) is 0.539. The Balaban J connectivity index is 1.52. The smallest absolute Gasteiger partial charge is 0.249 e. The number of benzene rings is 1. The lowest BCUT2D eigenvalue weighted by Crippen LogP contribution is -2.44. The molecule has 1 saturated carbocycles. The predicted octanol–water partition coefficient (Wildman–Crippen LogP) is 1.42. The zero-order valence-corrected chi connectivity index (χ0v) is 14.6. The van der Waals surface area contributed by atoms with E-state index in [-0.39, 0.29) is 17.9 Å². The molecule has 1 amide bonds. The van der Waals surface area contributed by atoms with Gasteiger partial charge in [0.25, 0.3) is 0 Å². The Hall–Kier alpha value is -2.10. The number of nitrogens with zero attached hydrogens (tertiary/aromatic N) is 2. The molecule has 1 unspecified atom stereocenters. The minimum absolute atomic E-state index is 0.0258. The number of carbonyl (C=O) groups is 1. The molecule has 2 N–H and O–H groups in total. The minimum Gasteiger partial charge on any atom is -0.496 e. The Morgan fingerprint density at radius 3 is 2.72 bits per heavy atom. The average Bonchev–Trinajstić information content (AvgIpc) is 3.46. The lowest BCUT2D eigenvalue weighted by Gasteiger charge is -2.34. The van der Waals surface area contributed by atoms with E-state index in [9.17, 15) is 9.90 Å². The molecule has 1 aromatic rings. The van der Waals surface area contributed by atoms with Crippen molar-refractivity contribution in [3.63, 3.8) is 0 Å². The standard InChI is InChI=1S/C19H25N3O3/c1-25-17-10-13(11-20)2-3-15(17)12-22-8-6-14(7-9-22)18(23)19(24)21-16-4-5-16/h2-3,10,14,16,18,23H,4-9,12H2,1H3,(H,21,24). The van der Waals surface area contributed by atoms with Crippen LogP contribution in [0.25, 0.3) is 0 Å². The Bertz CT molecular complexity index is 658. The molecule has 1 heterocycles. The molecule has 2 aliphatic rings. The highest BCUT2D eigenvalue weighted by atomic mass is 16.5. The molecule has 3 rings (SSSR count). The van der Waals surface area contributed by atoms with Crippen molar-refractivity contribution in [2.45, 2.75) is 44.4 Å². The molecule has 0 bridgehead atoms. The molecule has 6 nitrogen and oxygen atoms in total. The van der Waals surface area contributed by atoms with Crippen molar-refractivity contribution in [3.05, 3.63) is 29.3 Å². The van der Waals surface area contributed by atoms with Crippen LogP contribution in [-0.2, 0) is 11.3 Å². The van der Waals surface area contributed by atoms with Gasteiger partial charge >= 0.3 is 0 Å². The maximum Gasteiger partial charge on any atom is 0.249 e. The molecule has 0 aromatic heterocycles. The summed E-state index contributed by atoms with van der Waals surface area (Å²) in [6.45, 7) is 2.41. The van der Waals surface area contributed by atoms with Gasteiger partial charge < -0.3 is 15.2 Å². The predicted molar refractivity (Wildman–Crippen MR) is 92.9 cm³/mol. The Kier molecular flexibility index (Phi) is 5.57. The van der Waals surface area contributed by atoms with Gasteiger partial charge in [-0.05, 0) is 56.8 Å². The highest BCUT2D eigenvalue weighted by Crippen LogP contribution is 2.27. The van der Waals surface area contributed by atoms with Crippen LogP contribution < -0.4 is 10.1 Å².